The van der Waals surface area contributed by atoms with Gasteiger partial charge in [-0.25, -0.2) is 0 Å². The zero-order valence-electron chi connectivity index (χ0n) is 18.2. The fraction of sp³-hybridized carbons (Fsp3) is 0.360. The molecule has 1 aliphatic heterocycles. The van der Waals surface area contributed by atoms with E-state index in [1.165, 1.54) is 7.11 Å². The summed E-state index contributed by atoms with van der Waals surface area (Å²) in [7, 11) is 1.37. The van der Waals surface area contributed by atoms with Gasteiger partial charge in [0.25, 0.3) is 0 Å². The highest BCUT2D eigenvalue weighted by molar-refractivity contribution is 7.12. The van der Waals surface area contributed by atoms with Crippen LogP contribution in [0.1, 0.15) is 47.4 Å². The molecule has 2 aliphatic rings. The normalized spacial score (nSPS) is 20.6. The van der Waals surface area contributed by atoms with E-state index < -0.39 is 17.8 Å². The number of para-hydroxylation sites is 1. The van der Waals surface area contributed by atoms with Crippen molar-refractivity contribution < 1.29 is 19.1 Å². The maximum atomic E-state index is 13.0. The molecule has 2 aromatic rings. The van der Waals surface area contributed by atoms with Gasteiger partial charge in [-0.05, 0) is 37.5 Å². The number of esters is 1. The van der Waals surface area contributed by atoms with Gasteiger partial charge in [0.05, 0.1) is 12.1 Å². The molecule has 2 atom stereocenters. The van der Waals surface area contributed by atoms with Gasteiger partial charge in [-0.15, -0.1) is 11.3 Å². The number of ketones is 1. The van der Waals surface area contributed by atoms with E-state index in [9.17, 15) is 9.59 Å². The van der Waals surface area contributed by atoms with Crippen molar-refractivity contribution in [3.05, 3.63) is 74.2 Å². The first-order valence-corrected chi connectivity index (χ1v) is 11.9. The number of hydrogen-bond donors (Lipinski definition) is 1. The van der Waals surface area contributed by atoms with Crippen LogP contribution in [0, 0.1) is 5.92 Å². The van der Waals surface area contributed by atoms with Crippen LogP contribution in [0.15, 0.2) is 53.9 Å². The molecule has 0 radical (unpaired) electrons. The minimum Gasteiger partial charge on any atom is -0.487 e. The molecule has 0 fully saturated rings. The number of carbonyl (C=O) groups is 2. The van der Waals surface area contributed by atoms with Crippen LogP contribution in [0.4, 0.5) is 0 Å². The van der Waals surface area contributed by atoms with Gasteiger partial charge < -0.3 is 14.8 Å². The Morgan fingerprint density at radius 2 is 2.09 bits per heavy atom. The van der Waals surface area contributed by atoms with Crippen LogP contribution in [-0.2, 0) is 27.4 Å². The monoisotopic (exact) mass is 471 g/mol. The Kier molecular flexibility index (Phi) is 6.72. The van der Waals surface area contributed by atoms with Crippen molar-refractivity contribution >= 4 is 34.7 Å². The van der Waals surface area contributed by atoms with Crippen LogP contribution in [0.25, 0.3) is 0 Å². The minimum absolute atomic E-state index is 0.0884. The number of thiophene rings is 1. The number of benzene rings is 1. The average Bonchev–Trinajstić information content (AvgIpc) is 3.20. The topological polar surface area (TPSA) is 64.6 Å². The molecule has 0 bridgehead atoms. The predicted octanol–water partition coefficient (Wildman–Crippen LogP) is 5.54. The third kappa shape index (κ3) is 4.21. The van der Waals surface area contributed by atoms with E-state index in [-0.39, 0.29) is 5.78 Å². The third-order valence-electron chi connectivity index (χ3n) is 6.01. The van der Waals surface area contributed by atoms with Crippen molar-refractivity contribution in [2.45, 2.75) is 45.1 Å². The number of Topliss-reactive ketones (excluding diaryl/α,β-unsaturated/α-hetero) is 1. The quantitative estimate of drug-likeness (QED) is 0.560. The summed E-state index contributed by atoms with van der Waals surface area (Å²) in [5, 5.41) is 3.79. The van der Waals surface area contributed by atoms with Crippen LogP contribution in [0.2, 0.25) is 5.02 Å². The van der Waals surface area contributed by atoms with E-state index >= 15 is 0 Å². The molecule has 2 unspecified atom stereocenters. The second-order valence-electron chi connectivity index (χ2n) is 7.97. The summed E-state index contributed by atoms with van der Waals surface area (Å²) >= 11 is 7.86. The molecule has 2 heterocycles. The maximum Gasteiger partial charge on any atom is 0.315 e. The lowest BCUT2D eigenvalue weighted by Gasteiger charge is -2.37. The van der Waals surface area contributed by atoms with E-state index in [4.69, 9.17) is 21.1 Å². The minimum atomic E-state index is -0.651. The van der Waals surface area contributed by atoms with Crippen LogP contribution in [0.3, 0.4) is 0 Å². The summed E-state index contributed by atoms with van der Waals surface area (Å²) in [6.07, 6.45) is 2.89. The Hall–Kier alpha value is -2.57. The number of methoxy groups -OCH3 is 1. The van der Waals surface area contributed by atoms with Gasteiger partial charge in [0.1, 0.15) is 18.3 Å². The number of allylic oxidation sites excluding steroid dienone is 2. The van der Waals surface area contributed by atoms with Crippen LogP contribution in [-0.4, -0.2) is 18.9 Å². The van der Waals surface area contributed by atoms with E-state index in [1.54, 1.807) is 17.4 Å². The maximum absolute atomic E-state index is 13.0. The second kappa shape index (κ2) is 9.51. The van der Waals surface area contributed by atoms with Crippen LogP contribution in [0.5, 0.6) is 5.75 Å². The van der Waals surface area contributed by atoms with E-state index in [0.717, 1.165) is 40.3 Å². The Morgan fingerprint density at radius 3 is 2.81 bits per heavy atom. The number of nitrogens with one attached hydrogen (secondary N) is 1. The molecular formula is C25H26ClNO4S. The Bertz CT molecular complexity index is 1100. The van der Waals surface area contributed by atoms with Gasteiger partial charge in [-0.1, -0.05) is 37.2 Å². The van der Waals surface area contributed by atoms with Crippen molar-refractivity contribution in [2.75, 3.05) is 7.11 Å². The number of aryl methyl sites for hydroxylation is 1. The van der Waals surface area contributed by atoms with Gasteiger partial charge >= 0.3 is 5.97 Å². The number of ether oxygens (including phenoxy) is 2. The first kappa shape index (κ1) is 22.6. The SMILES string of the molecule is C=C1NC2=C(C(=O)CCC2)C(c2cc(COc3ccccc3Cl)c(CC)s2)C1C(=O)OC. The lowest BCUT2D eigenvalue weighted by atomic mass is 9.74. The first-order valence-electron chi connectivity index (χ1n) is 10.7. The number of carbonyl (C=O) groups excluding carboxylic acids is 2. The summed E-state index contributed by atoms with van der Waals surface area (Å²) in [5.41, 5.74) is 3.19. The van der Waals surface area contributed by atoms with Crippen molar-refractivity contribution in [3.63, 3.8) is 0 Å². The van der Waals surface area contributed by atoms with Gasteiger partial charge in [0, 0.05) is 44.6 Å². The van der Waals surface area contributed by atoms with E-state index in [0.29, 0.717) is 35.1 Å². The molecule has 5 nitrogen and oxygen atoms in total. The molecule has 0 saturated carbocycles. The third-order valence-corrected chi connectivity index (χ3v) is 7.72. The number of halogens is 1. The van der Waals surface area contributed by atoms with E-state index in [1.807, 2.05) is 18.2 Å². The molecule has 1 aliphatic carbocycles. The molecule has 7 heteroatoms. The van der Waals surface area contributed by atoms with Crippen LogP contribution < -0.4 is 10.1 Å². The number of hydrogen-bond acceptors (Lipinski definition) is 6. The van der Waals surface area contributed by atoms with Crippen molar-refractivity contribution in [1.82, 2.24) is 5.32 Å². The smallest absolute Gasteiger partial charge is 0.315 e. The first-order chi connectivity index (χ1) is 15.4. The summed E-state index contributed by atoms with van der Waals surface area (Å²) < 4.78 is 11.1. The predicted molar refractivity (Wildman–Crippen MR) is 126 cm³/mol. The largest absolute Gasteiger partial charge is 0.487 e. The fourth-order valence-electron chi connectivity index (χ4n) is 4.49. The lowest BCUT2D eigenvalue weighted by molar-refractivity contribution is -0.144. The molecular weight excluding hydrogens is 446 g/mol. The Labute approximate surface area is 197 Å². The second-order valence-corrected chi connectivity index (χ2v) is 9.54. The van der Waals surface area contributed by atoms with Crippen LogP contribution >= 0.6 is 22.9 Å². The summed E-state index contributed by atoms with van der Waals surface area (Å²) in [6.45, 7) is 6.55. The fourth-order valence-corrected chi connectivity index (χ4v) is 5.94. The Balaban J connectivity index is 1.73. The molecule has 1 aromatic carbocycles. The molecule has 0 amide bonds. The van der Waals surface area contributed by atoms with E-state index in [2.05, 4.69) is 24.9 Å². The van der Waals surface area contributed by atoms with Crippen molar-refractivity contribution in [3.8, 4) is 5.75 Å². The summed E-state index contributed by atoms with van der Waals surface area (Å²) in [5.74, 6) is -0.729. The standard InChI is InChI=1S/C25H26ClNO4S/c1-4-20-15(13-31-19-11-6-5-8-16(19)26)12-21(32-20)24-22(25(29)30-3)14(2)27-17-9-7-10-18(28)23(17)24/h5-6,8,11-12,22,24,27H,2,4,7,9-10,13H2,1,3H3. The average molecular weight is 472 g/mol. The molecule has 1 N–H and O–H groups in total. The molecule has 1 aromatic heterocycles. The number of rotatable bonds is 6. The highest BCUT2D eigenvalue weighted by atomic mass is 35.5. The molecule has 4 rings (SSSR count). The zero-order valence-corrected chi connectivity index (χ0v) is 19.8. The van der Waals surface area contributed by atoms with Crippen molar-refractivity contribution in [1.29, 1.82) is 0 Å². The van der Waals surface area contributed by atoms with Gasteiger partial charge in [-0.2, -0.15) is 0 Å². The molecule has 0 spiro atoms. The lowest BCUT2D eigenvalue weighted by Crippen LogP contribution is -2.40. The van der Waals surface area contributed by atoms with Gasteiger partial charge in [0.2, 0.25) is 0 Å². The highest BCUT2D eigenvalue weighted by Crippen LogP contribution is 2.47. The highest BCUT2D eigenvalue weighted by Gasteiger charge is 2.44. The summed E-state index contributed by atoms with van der Waals surface area (Å²) in [6, 6.07) is 9.43. The molecule has 32 heavy (non-hydrogen) atoms. The Morgan fingerprint density at radius 1 is 1.31 bits per heavy atom. The summed E-state index contributed by atoms with van der Waals surface area (Å²) in [4.78, 5) is 27.8. The molecule has 168 valence electrons. The van der Waals surface area contributed by atoms with Gasteiger partial charge in [0.15, 0.2) is 5.78 Å². The molecule has 0 saturated heterocycles. The van der Waals surface area contributed by atoms with Gasteiger partial charge in [-0.3, -0.25) is 9.59 Å². The zero-order chi connectivity index (χ0) is 22.8. The van der Waals surface area contributed by atoms with Crippen molar-refractivity contribution in [2.24, 2.45) is 5.92 Å².